The quantitative estimate of drug-likeness (QED) is 0.821. The van der Waals surface area contributed by atoms with Gasteiger partial charge >= 0.3 is 5.97 Å². The highest BCUT2D eigenvalue weighted by atomic mass is 79.9. The van der Waals surface area contributed by atoms with Crippen LogP contribution in [0.5, 0.6) is 5.75 Å². The number of aliphatic carboxylic acids is 1. The van der Waals surface area contributed by atoms with Gasteiger partial charge < -0.3 is 9.84 Å². The Kier molecular flexibility index (Phi) is 5.22. The Morgan fingerprint density at radius 1 is 1.59 bits per heavy atom. The second kappa shape index (κ2) is 6.45. The average Bonchev–Trinajstić information content (AvgIpc) is 2.27. The first-order valence-corrected chi connectivity index (χ1v) is 6.14. The molecule has 0 aliphatic carbocycles. The van der Waals surface area contributed by atoms with Crippen molar-refractivity contribution in [3.05, 3.63) is 40.4 Å². The topological polar surface area (TPSA) is 46.5 Å². The van der Waals surface area contributed by atoms with Gasteiger partial charge in [0.2, 0.25) is 0 Å². The molecule has 0 atom stereocenters. The number of carboxylic acid groups (broad SMARTS) is 1. The highest BCUT2D eigenvalue weighted by Crippen LogP contribution is 2.31. The summed E-state index contributed by atoms with van der Waals surface area (Å²) >= 11 is 3.41. The molecule has 92 valence electrons. The summed E-state index contributed by atoms with van der Waals surface area (Å²) in [5.74, 6) is -0.398. The van der Waals surface area contributed by atoms with E-state index in [1.54, 1.807) is 6.08 Å². The van der Waals surface area contributed by atoms with E-state index in [4.69, 9.17) is 9.84 Å². The Bertz CT molecular complexity index is 427. The lowest BCUT2D eigenvalue weighted by molar-refractivity contribution is -0.139. The lowest BCUT2D eigenvalue weighted by atomic mass is 10.1. The third-order valence-corrected chi connectivity index (χ3v) is 2.88. The highest BCUT2D eigenvalue weighted by Gasteiger charge is 2.11. The number of aryl methyl sites for hydroxylation is 1. The van der Waals surface area contributed by atoms with Crippen molar-refractivity contribution in [1.29, 1.82) is 0 Å². The minimum absolute atomic E-state index is 0.339. The molecule has 0 aliphatic rings. The Morgan fingerprint density at radius 2 is 2.29 bits per heavy atom. The number of carbonyl (C=O) groups is 1. The van der Waals surface area contributed by atoms with Gasteiger partial charge in [0.25, 0.3) is 0 Å². The van der Waals surface area contributed by atoms with Crippen LogP contribution in [0.25, 0.3) is 0 Å². The summed E-state index contributed by atoms with van der Waals surface area (Å²) in [6.07, 6.45) is 3.35. The molecule has 1 aromatic rings. The molecule has 0 unspecified atom stereocenters. The third-order valence-electron chi connectivity index (χ3n) is 2.29. The van der Waals surface area contributed by atoms with Gasteiger partial charge in [-0.1, -0.05) is 19.1 Å². The molecule has 0 spiro atoms. The predicted molar refractivity (Wildman–Crippen MR) is 70.6 cm³/mol. The Hall–Kier alpha value is -1.29. The van der Waals surface area contributed by atoms with E-state index < -0.39 is 5.97 Å². The lowest BCUT2D eigenvalue weighted by Gasteiger charge is -2.13. The number of allylic oxidation sites excluding steroid dienone is 1. The fourth-order valence-electron chi connectivity index (χ4n) is 1.52. The standard InChI is InChI=1S/C13H15BrO3/c1-3-5-10-6-9(4-2)7-11(14)13(10)17-8-12(15)16/h3,6-7H,1,4-5,8H2,2H3,(H,15,16). The first-order chi connectivity index (χ1) is 8.08. The van der Waals surface area contributed by atoms with Crippen molar-refractivity contribution in [2.45, 2.75) is 19.8 Å². The van der Waals surface area contributed by atoms with E-state index in [9.17, 15) is 4.79 Å². The molecular formula is C13H15BrO3. The summed E-state index contributed by atoms with van der Waals surface area (Å²) in [7, 11) is 0. The second-order valence-electron chi connectivity index (χ2n) is 3.59. The summed E-state index contributed by atoms with van der Waals surface area (Å²) in [5, 5.41) is 8.63. The molecule has 1 aromatic carbocycles. The zero-order valence-electron chi connectivity index (χ0n) is 9.70. The van der Waals surface area contributed by atoms with Crippen molar-refractivity contribution in [3.8, 4) is 5.75 Å². The van der Waals surface area contributed by atoms with E-state index in [-0.39, 0.29) is 6.61 Å². The summed E-state index contributed by atoms with van der Waals surface area (Å²) in [4.78, 5) is 10.5. The van der Waals surface area contributed by atoms with Gasteiger partial charge in [-0.2, -0.15) is 0 Å². The molecule has 0 radical (unpaired) electrons. The molecule has 0 saturated carbocycles. The molecular weight excluding hydrogens is 284 g/mol. The maximum Gasteiger partial charge on any atom is 0.341 e. The number of ether oxygens (including phenoxy) is 1. The van der Waals surface area contributed by atoms with Crippen molar-refractivity contribution in [2.24, 2.45) is 0 Å². The molecule has 1 rings (SSSR count). The fraction of sp³-hybridized carbons (Fsp3) is 0.308. The van der Waals surface area contributed by atoms with Crippen molar-refractivity contribution in [1.82, 2.24) is 0 Å². The Morgan fingerprint density at radius 3 is 2.82 bits per heavy atom. The molecule has 4 heteroatoms. The van der Waals surface area contributed by atoms with Crippen LogP contribution < -0.4 is 4.74 Å². The Balaban J connectivity index is 3.06. The van der Waals surface area contributed by atoms with E-state index in [1.807, 2.05) is 12.1 Å². The zero-order chi connectivity index (χ0) is 12.8. The molecule has 0 amide bonds. The van der Waals surface area contributed by atoms with Crippen LogP contribution >= 0.6 is 15.9 Å². The van der Waals surface area contributed by atoms with Crippen LogP contribution in [0.1, 0.15) is 18.1 Å². The monoisotopic (exact) mass is 298 g/mol. The normalized spacial score (nSPS) is 10.0. The SMILES string of the molecule is C=CCc1cc(CC)cc(Br)c1OCC(=O)O. The van der Waals surface area contributed by atoms with Crippen LogP contribution in [0, 0.1) is 0 Å². The number of rotatable bonds is 6. The fourth-order valence-corrected chi connectivity index (χ4v) is 2.18. The summed E-state index contributed by atoms with van der Waals surface area (Å²) in [6.45, 7) is 5.42. The van der Waals surface area contributed by atoms with Crippen molar-refractivity contribution < 1.29 is 14.6 Å². The smallest absolute Gasteiger partial charge is 0.341 e. The van der Waals surface area contributed by atoms with Gasteiger partial charge in [0.1, 0.15) is 5.75 Å². The van der Waals surface area contributed by atoms with E-state index in [0.717, 1.165) is 16.5 Å². The van der Waals surface area contributed by atoms with Gasteiger partial charge in [0, 0.05) is 0 Å². The number of hydrogen-bond donors (Lipinski definition) is 1. The van der Waals surface area contributed by atoms with E-state index in [0.29, 0.717) is 12.2 Å². The number of hydrogen-bond acceptors (Lipinski definition) is 2. The number of benzene rings is 1. The summed E-state index contributed by atoms with van der Waals surface area (Å²) in [6, 6.07) is 3.97. The molecule has 0 bridgehead atoms. The minimum atomic E-state index is -0.985. The number of carboxylic acids is 1. The Labute approximate surface area is 109 Å². The lowest BCUT2D eigenvalue weighted by Crippen LogP contribution is -2.11. The third kappa shape index (κ3) is 3.89. The summed E-state index contributed by atoms with van der Waals surface area (Å²) < 4.78 is 6.07. The van der Waals surface area contributed by atoms with Crippen molar-refractivity contribution in [2.75, 3.05) is 6.61 Å². The largest absolute Gasteiger partial charge is 0.480 e. The maximum absolute atomic E-state index is 10.5. The van der Waals surface area contributed by atoms with Gasteiger partial charge in [-0.3, -0.25) is 0 Å². The van der Waals surface area contributed by atoms with Gasteiger partial charge in [-0.15, -0.1) is 6.58 Å². The number of halogens is 1. The first kappa shape index (κ1) is 13.8. The van der Waals surface area contributed by atoms with E-state index >= 15 is 0 Å². The molecule has 0 heterocycles. The molecule has 0 saturated heterocycles. The highest BCUT2D eigenvalue weighted by molar-refractivity contribution is 9.10. The summed E-state index contributed by atoms with van der Waals surface area (Å²) in [5.41, 5.74) is 2.13. The molecule has 0 aliphatic heterocycles. The molecule has 1 N–H and O–H groups in total. The van der Waals surface area contributed by atoms with E-state index in [2.05, 4.69) is 29.4 Å². The average molecular weight is 299 g/mol. The van der Waals surface area contributed by atoms with Crippen molar-refractivity contribution in [3.63, 3.8) is 0 Å². The molecule has 17 heavy (non-hydrogen) atoms. The van der Waals surface area contributed by atoms with Gasteiger partial charge in [0.05, 0.1) is 4.47 Å². The maximum atomic E-state index is 10.5. The minimum Gasteiger partial charge on any atom is -0.480 e. The molecule has 0 fully saturated rings. The second-order valence-corrected chi connectivity index (χ2v) is 4.45. The van der Waals surface area contributed by atoms with Gasteiger partial charge in [-0.25, -0.2) is 4.79 Å². The van der Waals surface area contributed by atoms with Crippen LogP contribution in [0.2, 0.25) is 0 Å². The molecule has 3 nitrogen and oxygen atoms in total. The van der Waals surface area contributed by atoms with Crippen molar-refractivity contribution >= 4 is 21.9 Å². The van der Waals surface area contributed by atoms with Gasteiger partial charge in [0.15, 0.2) is 6.61 Å². The first-order valence-electron chi connectivity index (χ1n) is 5.35. The van der Waals surface area contributed by atoms with Gasteiger partial charge in [-0.05, 0) is 46.0 Å². The molecule has 0 aromatic heterocycles. The van der Waals surface area contributed by atoms with Crippen LogP contribution in [0.4, 0.5) is 0 Å². The zero-order valence-corrected chi connectivity index (χ0v) is 11.3. The van der Waals surface area contributed by atoms with E-state index in [1.165, 1.54) is 5.56 Å². The van der Waals surface area contributed by atoms with Crippen LogP contribution in [-0.4, -0.2) is 17.7 Å². The predicted octanol–water partition coefficient (Wildman–Crippen LogP) is 3.20. The van der Waals surface area contributed by atoms with Crippen LogP contribution in [0.3, 0.4) is 0 Å². The van der Waals surface area contributed by atoms with Crippen LogP contribution in [-0.2, 0) is 17.6 Å². The van der Waals surface area contributed by atoms with Crippen LogP contribution in [0.15, 0.2) is 29.3 Å².